The second kappa shape index (κ2) is 11.5. The number of aliphatic hydroxyl groups is 2. The van der Waals surface area contributed by atoms with Crippen molar-refractivity contribution >= 4 is 5.97 Å². The minimum Gasteiger partial charge on any atom is -0.495 e. The van der Waals surface area contributed by atoms with Crippen LogP contribution in [0.15, 0.2) is 54.6 Å². The van der Waals surface area contributed by atoms with Crippen molar-refractivity contribution in [2.75, 3.05) is 7.11 Å². The van der Waals surface area contributed by atoms with Crippen LogP contribution < -0.4 is 14.2 Å². The molecule has 0 spiro atoms. The maximum Gasteiger partial charge on any atom is 0.343 e. The van der Waals surface area contributed by atoms with Crippen molar-refractivity contribution in [3.05, 3.63) is 82.4 Å². The lowest BCUT2D eigenvalue weighted by Gasteiger charge is -2.25. The lowest BCUT2D eigenvalue weighted by molar-refractivity contribution is 0.0689. The first-order valence-electron chi connectivity index (χ1n) is 11.7. The van der Waals surface area contributed by atoms with Gasteiger partial charge < -0.3 is 29.5 Å². The van der Waals surface area contributed by atoms with Crippen LogP contribution in [0.5, 0.6) is 23.0 Å². The van der Waals surface area contributed by atoms with Gasteiger partial charge in [0.1, 0.15) is 23.7 Å². The second-order valence-electron chi connectivity index (χ2n) is 9.93. The van der Waals surface area contributed by atoms with Crippen molar-refractivity contribution in [1.82, 2.24) is 0 Å². The number of ether oxygens (including phenoxy) is 3. The van der Waals surface area contributed by atoms with E-state index in [0.717, 1.165) is 11.1 Å². The molecule has 7 heteroatoms. The lowest BCUT2D eigenvalue weighted by atomic mass is 9.86. The molecule has 7 nitrogen and oxygen atoms in total. The predicted molar refractivity (Wildman–Crippen MR) is 137 cm³/mol. The number of carboxylic acid groups (broad SMARTS) is 1. The number of carboxylic acids is 1. The van der Waals surface area contributed by atoms with Crippen LogP contribution in [0.25, 0.3) is 0 Å². The van der Waals surface area contributed by atoms with Gasteiger partial charge in [-0.2, -0.15) is 0 Å². The summed E-state index contributed by atoms with van der Waals surface area (Å²) >= 11 is 0. The maximum atomic E-state index is 12.3. The van der Waals surface area contributed by atoms with E-state index in [1.54, 1.807) is 18.2 Å². The number of aromatic carboxylic acids is 1. The highest BCUT2D eigenvalue weighted by molar-refractivity contribution is 5.95. The van der Waals surface area contributed by atoms with Crippen molar-refractivity contribution in [2.45, 2.75) is 53.4 Å². The third-order valence-corrected chi connectivity index (χ3v) is 5.63. The largest absolute Gasteiger partial charge is 0.495 e. The summed E-state index contributed by atoms with van der Waals surface area (Å²) in [6.45, 7) is 7.77. The molecule has 1 unspecified atom stereocenters. The Hall–Kier alpha value is -3.55. The van der Waals surface area contributed by atoms with E-state index in [9.17, 15) is 20.1 Å². The van der Waals surface area contributed by atoms with Gasteiger partial charge in [-0.25, -0.2) is 4.79 Å². The molecule has 192 valence electrons. The number of hydrogen-bond donors (Lipinski definition) is 3. The molecule has 0 bridgehead atoms. The molecule has 3 N–H and O–H groups in total. The number of hydrogen-bond acceptors (Lipinski definition) is 6. The Morgan fingerprint density at radius 2 is 1.69 bits per heavy atom. The number of rotatable bonds is 10. The number of aliphatic hydroxyl groups excluding tert-OH is 2. The van der Waals surface area contributed by atoms with Crippen LogP contribution in [0.3, 0.4) is 0 Å². The first-order chi connectivity index (χ1) is 17.0. The fourth-order valence-electron chi connectivity index (χ4n) is 4.04. The summed E-state index contributed by atoms with van der Waals surface area (Å²) in [6.07, 6.45) is -0.517. The molecule has 0 aliphatic rings. The highest BCUT2D eigenvalue weighted by atomic mass is 16.5. The average Bonchev–Trinajstić information content (AvgIpc) is 2.82. The zero-order valence-corrected chi connectivity index (χ0v) is 21.4. The number of methoxy groups -OCH3 is 1. The molecule has 0 amide bonds. The summed E-state index contributed by atoms with van der Waals surface area (Å²) in [5.41, 5.74) is 2.20. The molecule has 3 aromatic carbocycles. The highest BCUT2D eigenvalue weighted by Crippen LogP contribution is 2.43. The van der Waals surface area contributed by atoms with Crippen LogP contribution in [0.1, 0.15) is 65.9 Å². The van der Waals surface area contributed by atoms with Gasteiger partial charge in [-0.3, -0.25) is 0 Å². The number of benzene rings is 3. The molecule has 0 aliphatic carbocycles. The zero-order valence-electron chi connectivity index (χ0n) is 21.4. The van der Waals surface area contributed by atoms with Gasteiger partial charge in [-0.1, -0.05) is 51.1 Å². The minimum absolute atomic E-state index is 0.00849. The van der Waals surface area contributed by atoms with E-state index in [-0.39, 0.29) is 41.4 Å². The van der Waals surface area contributed by atoms with E-state index in [0.29, 0.717) is 23.3 Å². The fourth-order valence-corrected chi connectivity index (χ4v) is 4.04. The van der Waals surface area contributed by atoms with E-state index >= 15 is 0 Å². The molecule has 1 atom stereocenters. The molecule has 0 aromatic heterocycles. The van der Waals surface area contributed by atoms with E-state index < -0.39 is 12.1 Å². The highest BCUT2D eigenvalue weighted by Gasteiger charge is 2.28. The van der Waals surface area contributed by atoms with Gasteiger partial charge in [0, 0.05) is 11.1 Å². The summed E-state index contributed by atoms with van der Waals surface area (Å²) in [6, 6.07) is 16.2. The van der Waals surface area contributed by atoms with E-state index in [1.807, 2.05) is 58.0 Å². The third-order valence-electron chi connectivity index (χ3n) is 5.63. The lowest BCUT2D eigenvalue weighted by Crippen LogP contribution is -2.14. The van der Waals surface area contributed by atoms with Crippen LogP contribution in [-0.2, 0) is 13.2 Å². The van der Waals surface area contributed by atoms with Crippen molar-refractivity contribution < 1.29 is 34.3 Å². The SMILES string of the molecule is COc1c(C(O)CC(C)(C)C)ccc(Oc2c(CO)cc(C)cc2OCc2ccccc2)c1C(=O)O. The molecule has 0 radical (unpaired) electrons. The first kappa shape index (κ1) is 27.0. The van der Waals surface area contributed by atoms with Gasteiger partial charge in [0.05, 0.1) is 19.8 Å². The molecule has 0 saturated carbocycles. The fraction of sp³-hybridized carbons (Fsp3) is 0.345. The van der Waals surface area contributed by atoms with Crippen molar-refractivity contribution in [3.8, 4) is 23.0 Å². The van der Waals surface area contributed by atoms with Crippen LogP contribution >= 0.6 is 0 Å². The first-order valence-corrected chi connectivity index (χ1v) is 11.7. The minimum atomic E-state index is -1.27. The van der Waals surface area contributed by atoms with E-state index in [2.05, 4.69) is 0 Å². The third kappa shape index (κ3) is 6.56. The Labute approximate surface area is 211 Å². The molecular formula is C29H34O7. The van der Waals surface area contributed by atoms with Gasteiger partial charge >= 0.3 is 5.97 Å². The Balaban J connectivity index is 2.06. The summed E-state index contributed by atoms with van der Waals surface area (Å²) in [4.78, 5) is 12.3. The maximum absolute atomic E-state index is 12.3. The summed E-state index contributed by atoms with van der Waals surface area (Å²) in [7, 11) is 1.36. The van der Waals surface area contributed by atoms with Gasteiger partial charge in [0.15, 0.2) is 11.5 Å². The number of aryl methyl sites for hydroxylation is 1. The zero-order chi connectivity index (χ0) is 26.5. The molecule has 0 saturated heterocycles. The quantitative estimate of drug-likeness (QED) is 0.316. The molecular weight excluding hydrogens is 460 g/mol. The number of carbonyl (C=O) groups is 1. The Morgan fingerprint density at radius 3 is 2.28 bits per heavy atom. The van der Waals surface area contributed by atoms with Crippen LogP contribution in [0, 0.1) is 12.3 Å². The normalized spacial score (nSPS) is 12.2. The van der Waals surface area contributed by atoms with Crippen LogP contribution in [-0.4, -0.2) is 28.4 Å². The predicted octanol–water partition coefficient (Wildman–Crippen LogP) is 6.04. The van der Waals surface area contributed by atoms with Crippen molar-refractivity contribution in [1.29, 1.82) is 0 Å². The second-order valence-corrected chi connectivity index (χ2v) is 9.93. The molecule has 36 heavy (non-hydrogen) atoms. The van der Waals surface area contributed by atoms with E-state index in [1.165, 1.54) is 13.2 Å². The molecule has 3 aromatic rings. The van der Waals surface area contributed by atoms with Crippen molar-refractivity contribution in [2.24, 2.45) is 5.41 Å². The summed E-state index contributed by atoms with van der Waals surface area (Å²) in [5, 5.41) is 30.9. The van der Waals surface area contributed by atoms with Gasteiger partial charge in [-0.15, -0.1) is 0 Å². The summed E-state index contributed by atoms with van der Waals surface area (Å²) < 4.78 is 17.6. The smallest absolute Gasteiger partial charge is 0.343 e. The van der Waals surface area contributed by atoms with Crippen LogP contribution in [0.2, 0.25) is 0 Å². The molecule has 3 rings (SSSR count). The van der Waals surface area contributed by atoms with Gasteiger partial charge in [0.2, 0.25) is 0 Å². The Morgan fingerprint density at radius 1 is 1.00 bits per heavy atom. The van der Waals surface area contributed by atoms with Crippen molar-refractivity contribution in [3.63, 3.8) is 0 Å². The Bertz CT molecular complexity index is 1200. The van der Waals surface area contributed by atoms with Gasteiger partial charge in [0.25, 0.3) is 0 Å². The molecule has 0 heterocycles. The standard InChI is InChI=1S/C29H34O7/c1-18-13-20(16-30)26(24(14-18)35-17-19-9-7-6-8-10-19)36-23-12-11-21(22(31)15-29(2,3)4)27(34-5)25(23)28(32)33/h6-14,22,30-31H,15-17H2,1-5H3,(H,32,33). The monoisotopic (exact) mass is 494 g/mol. The molecule has 0 fully saturated rings. The molecule has 0 aliphatic heterocycles. The Kier molecular flexibility index (Phi) is 8.61. The summed E-state index contributed by atoms with van der Waals surface area (Å²) in [5.74, 6) is -0.645. The average molecular weight is 495 g/mol. The topological polar surface area (TPSA) is 105 Å². The van der Waals surface area contributed by atoms with Gasteiger partial charge in [-0.05, 0) is 54.2 Å². The van der Waals surface area contributed by atoms with E-state index in [4.69, 9.17) is 14.2 Å². The van der Waals surface area contributed by atoms with Crippen LogP contribution in [0.4, 0.5) is 0 Å².